The Balaban J connectivity index is 0.00000182. The van der Waals surface area contributed by atoms with Gasteiger partial charge in [0.1, 0.15) is 0 Å². The number of hydrogen-bond acceptors (Lipinski definition) is 2. The van der Waals surface area contributed by atoms with Gasteiger partial charge in [0.05, 0.1) is 11.6 Å². The summed E-state index contributed by atoms with van der Waals surface area (Å²) >= 11 is 0. The second-order valence-electron chi connectivity index (χ2n) is 6.73. The van der Waals surface area contributed by atoms with Crippen LogP contribution in [0.25, 0.3) is 10.9 Å². The Bertz CT molecular complexity index is 879. The van der Waals surface area contributed by atoms with E-state index in [4.69, 9.17) is 5.26 Å². The monoisotopic (exact) mass is 351 g/mol. The van der Waals surface area contributed by atoms with Gasteiger partial charge in [0.15, 0.2) is 0 Å². The van der Waals surface area contributed by atoms with Gasteiger partial charge in [0, 0.05) is 36.7 Å². The summed E-state index contributed by atoms with van der Waals surface area (Å²) in [4.78, 5) is 2.56. The summed E-state index contributed by atoms with van der Waals surface area (Å²) in [5.41, 5.74) is 3.36. The van der Waals surface area contributed by atoms with Gasteiger partial charge in [0.2, 0.25) is 0 Å². The third-order valence-corrected chi connectivity index (χ3v) is 4.97. The molecule has 0 N–H and O–H groups in total. The second kappa shape index (κ2) is 7.74. The van der Waals surface area contributed by atoms with Gasteiger partial charge < -0.3 is 4.57 Å². The van der Waals surface area contributed by atoms with Gasteiger partial charge in [-0.3, -0.25) is 4.90 Å². The van der Waals surface area contributed by atoms with Crippen molar-refractivity contribution in [3.8, 4) is 6.07 Å². The molecule has 1 unspecified atom stereocenters. The first-order chi connectivity index (χ1) is 11.8. The molecule has 1 aliphatic rings. The first-order valence-corrected chi connectivity index (χ1v) is 8.57. The topological polar surface area (TPSA) is 32.0 Å². The first kappa shape index (κ1) is 17.5. The molecular formula is C21H22ClN3. The zero-order chi connectivity index (χ0) is 16.4. The Morgan fingerprint density at radius 2 is 1.92 bits per heavy atom. The Morgan fingerprint density at radius 3 is 2.72 bits per heavy atom. The van der Waals surface area contributed by atoms with Gasteiger partial charge in [-0.25, -0.2) is 0 Å². The number of benzene rings is 2. The van der Waals surface area contributed by atoms with E-state index in [-0.39, 0.29) is 12.4 Å². The number of nitrogens with zero attached hydrogens (tertiary/aromatic N) is 3. The van der Waals surface area contributed by atoms with Crippen LogP contribution < -0.4 is 0 Å². The van der Waals surface area contributed by atoms with Gasteiger partial charge in [-0.2, -0.15) is 5.26 Å². The van der Waals surface area contributed by atoms with Crippen molar-refractivity contribution in [1.29, 1.82) is 5.26 Å². The lowest BCUT2D eigenvalue weighted by molar-refractivity contribution is 0.310. The quantitative estimate of drug-likeness (QED) is 0.695. The van der Waals surface area contributed by atoms with Crippen molar-refractivity contribution in [2.45, 2.75) is 19.5 Å². The van der Waals surface area contributed by atoms with Crippen LogP contribution in [0.2, 0.25) is 0 Å². The van der Waals surface area contributed by atoms with Crippen molar-refractivity contribution < 1.29 is 0 Å². The molecule has 3 aromatic rings. The minimum atomic E-state index is 0. The van der Waals surface area contributed by atoms with E-state index in [9.17, 15) is 0 Å². The Hall–Kier alpha value is -2.28. The molecule has 0 spiro atoms. The van der Waals surface area contributed by atoms with Crippen LogP contribution in [-0.4, -0.2) is 22.6 Å². The maximum Gasteiger partial charge on any atom is 0.0991 e. The van der Waals surface area contributed by atoms with E-state index in [1.165, 1.54) is 24.0 Å². The minimum Gasteiger partial charge on any atom is -0.347 e. The largest absolute Gasteiger partial charge is 0.347 e. The van der Waals surface area contributed by atoms with Crippen LogP contribution in [0.15, 0.2) is 60.8 Å². The fraction of sp³-hybridized carbons (Fsp3) is 0.286. The zero-order valence-electron chi connectivity index (χ0n) is 14.1. The number of aromatic nitrogens is 1. The Labute approximate surface area is 154 Å². The van der Waals surface area contributed by atoms with E-state index in [1.807, 2.05) is 12.1 Å². The molecule has 2 aromatic carbocycles. The van der Waals surface area contributed by atoms with Gasteiger partial charge in [-0.05, 0) is 48.7 Å². The standard InChI is InChI=1S/C21H21N3.ClH/c22-13-18-6-7-21-20(12-18)9-11-24(21)16-19-8-10-23(15-19)14-17-4-2-1-3-5-17;/h1-7,9,11-12,19H,8,10,14-16H2;1H. The molecule has 4 rings (SSSR count). The fourth-order valence-corrected chi connectivity index (χ4v) is 3.75. The third-order valence-electron chi connectivity index (χ3n) is 4.97. The van der Waals surface area contributed by atoms with Crippen LogP contribution in [-0.2, 0) is 13.1 Å². The molecule has 0 amide bonds. The minimum absolute atomic E-state index is 0. The lowest BCUT2D eigenvalue weighted by Gasteiger charge is -2.17. The van der Waals surface area contributed by atoms with Crippen molar-refractivity contribution in [3.05, 3.63) is 71.9 Å². The van der Waals surface area contributed by atoms with Crippen molar-refractivity contribution >= 4 is 23.3 Å². The number of hydrogen-bond donors (Lipinski definition) is 0. The van der Waals surface area contributed by atoms with E-state index < -0.39 is 0 Å². The maximum absolute atomic E-state index is 9.02. The van der Waals surface area contributed by atoms with Gasteiger partial charge >= 0.3 is 0 Å². The summed E-state index contributed by atoms with van der Waals surface area (Å²) in [6.07, 6.45) is 3.41. The fourth-order valence-electron chi connectivity index (χ4n) is 3.75. The van der Waals surface area contributed by atoms with E-state index in [0.717, 1.165) is 30.6 Å². The predicted molar refractivity (Wildman–Crippen MR) is 104 cm³/mol. The lowest BCUT2D eigenvalue weighted by Crippen LogP contribution is -2.21. The van der Waals surface area contributed by atoms with E-state index >= 15 is 0 Å². The lowest BCUT2D eigenvalue weighted by atomic mass is 10.1. The molecule has 128 valence electrons. The molecular weight excluding hydrogens is 330 g/mol. The molecule has 0 radical (unpaired) electrons. The van der Waals surface area contributed by atoms with Crippen molar-refractivity contribution in [3.63, 3.8) is 0 Å². The molecule has 0 bridgehead atoms. The maximum atomic E-state index is 9.02. The number of nitriles is 1. The third kappa shape index (κ3) is 3.87. The van der Waals surface area contributed by atoms with E-state index in [0.29, 0.717) is 5.92 Å². The Kier molecular flexibility index (Phi) is 5.43. The van der Waals surface area contributed by atoms with E-state index in [2.05, 4.69) is 64.2 Å². The van der Waals surface area contributed by atoms with Crippen LogP contribution in [0, 0.1) is 17.2 Å². The molecule has 1 aliphatic heterocycles. The van der Waals surface area contributed by atoms with Crippen LogP contribution in [0.5, 0.6) is 0 Å². The summed E-state index contributed by atoms with van der Waals surface area (Å²) in [5.74, 6) is 0.694. The summed E-state index contributed by atoms with van der Waals surface area (Å²) in [7, 11) is 0. The second-order valence-corrected chi connectivity index (χ2v) is 6.73. The van der Waals surface area contributed by atoms with Gasteiger partial charge in [-0.1, -0.05) is 30.3 Å². The summed E-state index contributed by atoms with van der Waals surface area (Å²) in [6, 6.07) is 21.0. The predicted octanol–water partition coefficient (Wildman–Crippen LogP) is 4.46. The summed E-state index contributed by atoms with van der Waals surface area (Å²) < 4.78 is 2.34. The van der Waals surface area contributed by atoms with Crippen LogP contribution in [0.4, 0.5) is 0 Å². The molecule has 3 nitrogen and oxygen atoms in total. The molecule has 1 saturated heterocycles. The molecule has 0 aliphatic carbocycles. The first-order valence-electron chi connectivity index (χ1n) is 8.57. The zero-order valence-corrected chi connectivity index (χ0v) is 15.0. The highest BCUT2D eigenvalue weighted by atomic mass is 35.5. The normalized spacial score (nSPS) is 17.3. The molecule has 4 heteroatoms. The molecule has 0 saturated carbocycles. The summed E-state index contributed by atoms with van der Waals surface area (Å²) in [6.45, 7) is 4.44. The SMILES string of the molecule is Cl.N#Cc1ccc2c(ccn2CC2CCN(Cc3ccccc3)C2)c1. The van der Waals surface area contributed by atoms with Crippen LogP contribution >= 0.6 is 12.4 Å². The summed E-state index contributed by atoms with van der Waals surface area (Å²) in [5, 5.41) is 10.2. The number of rotatable bonds is 4. The molecule has 2 heterocycles. The average molecular weight is 352 g/mol. The smallest absolute Gasteiger partial charge is 0.0991 e. The van der Waals surface area contributed by atoms with Crippen LogP contribution in [0.3, 0.4) is 0 Å². The van der Waals surface area contributed by atoms with Crippen LogP contribution in [0.1, 0.15) is 17.5 Å². The molecule has 1 atom stereocenters. The van der Waals surface area contributed by atoms with Crippen molar-refractivity contribution in [1.82, 2.24) is 9.47 Å². The Morgan fingerprint density at radius 1 is 1.08 bits per heavy atom. The number of halogens is 1. The molecule has 25 heavy (non-hydrogen) atoms. The molecule has 1 aromatic heterocycles. The highest BCUT2D eigenvalue weighted by Crippen LogP contribution is 2.24. The van der Waals surface area contributed by atoms with Crippen molar-refractivity contribution in [2.75, 3.05) is 13.1 Å². The molecule has 1 fully saturated rings. The van der Waals surface area contributed by atoms with Gasteiger partial charge in [-0.15, -0.1) is 12.4 Å². The van der Waals surface area contributed by atoms with Gasteiger partial charge in [0.25, 0.3) is 0 Å². The average Bonchev–Trinajstić information content (AvgIpc) is 3.23. The number of fused-ring (bicyclic) bond motifs is 1. The number of likely N-dealkylation sites (tertiary alicyclic amines) is 1. The van der Waals surface area contributed by atoms with Crippen molar-refractivity contribution in [2.24, 2.45) is 5.92 Å². The van der Waals surface area contributed by atoms with E-state index in [1.54, 1.807) is 0 Å². The highest BCUT2D eigenvalue weighted by molar-refractivity contribution is 5.85. The highest BCUT2D eigenvalue weighted by Gasteiger charge is 2.23.